The normalized spacial score (nSPS) is 14.9. The largest absolute Gasteiger partial charge is 0.482 e. The first-order valence-electron chi connectivity index (χ1n) is 13.4. The molecule has 2 rings (SSSR count). The van der Waals surface area contributed by atoms with Crippen LogP contribution >= 0.6 is 7.82 Å². The molecule has 0 aromatic heterocycles. The molecule has 3 unspecified atom stereocenters. The molecule has 0 saturated carbocycles. The molecule has 0 heterocycles. The lowest BCUT2D eigenvalue weighted by molar-refractivity contribution is -0.163. The van der Waals surface area contributed by atoms with E-state index in [0.29, 0.717) is 0 Å². The first-order valence-corrected chi connectivity index (χ1v) is 14.9. The number of carbonyl (C=O) groups excluding carboxylic acids is 2. The van der Waals surface area contributed by atoms with E-state index < -0.39 is 129 Å². The van der Waals surface area contributed by atoms with E-state index in [1.54, 1.807) is 0 Å². The van der Waals surface area contributed by atoms with E-state index in [-0.39, 0.29) is 36.4 Å². The number of carboxylic acid groups (broad SMARTS) is 1. The summed E-state index contributed by atoms with van der Waals surface area (Å²) in [5.74, 6) is -7.17. The maximum atomic E-state index is 13.1. The van der Waals surface area contributed by atoms with Crippen LogP contribution in [-0.4, -0.2) is 73.1 Å². The van der Waals surface area contributed by atoms with Gasteiger partial charge in [0.1, 0.15) is 24.1 Å². The van der Waals surface area contributed by atoms with Crippen molar-refractivity contribution in [2.45, 2.75) is 36.9 Å². The zero-order valence-electron chi connectivity index (χ0n) is 25.2. The summed E-state index contributed by atoms with van der Waals surface area (Å²) < 4.78 is 197. The topological polar surface area (TPSA) is 190 Å². The van der Waals surface area contributed by atoms with Crippen molar-refractivity contribution in [2.75, 3.05) is 33.0 Å². The average molecular weight is 799 g/mol. The molecule has 0 bridgehead atoms. The van der Waals surface area contributed by atoms with Gasteiger partial charge in [0.2, 0.25) is 0 Å². The van der Waals surface area contributed by atoms with Crippen molar-refractivity contribution in [2.24, 2.45) is 5.73 Å². The second-order valence-electron chi connectivity index (χ2n) is 9.86. The Morgan fingerprint density at radius 3 is 1.37 bits per heavy atom. The zero-order valence-corrected chi connectivity index (χ0v) is 26.1. The maximum Gasteiger partial charge on any atom is 0.472 e. The van der Waals surface area contributed by atoms with Gasteiger partial charge in [-0.15, -0.1) is 0 Å². The molecule has 4 N–H and O–H groups in total. The van der Waals surface area contributed by atoms with E-state index >= 15 is 0 Å². The predicted molar refractivity (Wildman–Crippen MR) is 142 cm³/mol. The number of aliphatic carboxylic acids is 1. The number of carboxylic acids is 1. The van der Waals surface area contributed by atoms with E-state index in [2.05, 4.69) is 23.3 Å². The van der Waals surface area contributed by atoms with Crippen LogP contribution in [-0.2, 0) is 62.2 Å². The van der Waals surface area contributed by atoms with Gasteiger partial charge in [-0.25, -0.2) is 14.2 Å². The summed E-state index contributed by atoms with van der Waals surface area (Å²) in [7, 11) is -5.25. The summed E-state index contributed by atoms with van der Waals surface area (Å²) in [6.45, 7) is -6.52. The summed E-state index contributed by atoms with van der Waals surface area (Å²) in [6.07, 6.45) is -23.2. The van der Waals surface area contributed by atoms with Crippen LogP contribution in [0.5, 0.6) is 11.5 Å². The third-order valence-electron chi connectivity index (χ3n) is 5.72. The molecule has 52 heavy (non-hydrogen) atoms. The van der Waals surface area contributed by atoms with Crippen molar-refractivity contribution in [3.63, 3.8) is 0 Å². The SMILES string of the molecule is NC(COP(=O)(O)OCC(COC(=O)COc1cc(C(F)(F)F)cc(C(F)(F)F)c1)OC(=O)COc1cc(C(F)(F)F)cc(C(F)(F)F)c1)C(=O)O. The molecular formula is C26H22F12NO12P. The standard InChI is InChI=1S/C26H22F12NO12P/c27-23(28,29)12-1-13(24(30,31)32)4-16(3-12)46-10-20(40)48-7-18(8-49-52(44,45)50-9-19(39)22(42)43)51-21(41)11-47-17-5-14(25(33,34)35)2-15(6-17)26(36,37)38/h1-6,18-19H,7-11,39H2,(H,42,43)(H,44,45). The molecule has 2 aromatic carbocycles. The Bertz CT molecular complexity index is 1560. The highest BCUT2D eigenvalue weighted by atomic mass is 31.2. The number of ether oxygens (including phenoxy) is 4. The van der Waals surface area contributed by atoms with Crippen LogP contribution in [0.1, 0.15) is 22.3 Å². The van der Waals surface area contributed by atoms with Crippen LogP contribution in [0.25, 0.3) is 0 Å². The minimum atomic E-state index is -5.30. The highest BCUT2D eigenvalue weighted by molar-refractivity contribution is 7.47. The van der Waals surface area contributed by atoms with Gasteiger partial charge in [0.15, 0.2) is 19.3 Å². The number of phosphoric acid groups is 1. The van der Waals surface area contributed by atoms with Gasteiger partial charge in [-0.3, -0.25) is 13.8 Å². The molecule has 0 aliphatic rings. The van der Waals surface area contributed by atoms with Gasteiger partial charge >= 0.3 is 50.4 Å². The van der Waals surface area contributed by atoms with E-state index in [4.69, 9.17) is 15.6 Å². The molecular weight excluding hydrogens is 777 g/mol. The third-order valence-corrected chi connectivity index (χ3v) is 6.67. The minimum absolute atomic E-state index is 0.0914. The number of carbonyl (C=O) groups is 3. The second kappa shape index (κ2) is 17.0. The molecule has 0 amide bonds. The molecule has 3 atom stereocenters. The molecule has 0 saturated heterocycles. The number of hydrogen-bond donors (Lipinski definition) is 3. The highest BCUT2D eigenvalue weighted by Gasteiger charge is 2.39. The number of alkyl halides is 12. The molecule has 0 radical (unpaired) electrons. The number of nitrogens with two attached hydrogens (primary N) is 1. The van der Waals surface area contributed by atoms with Crippen LogP contribution in [0.2, 0.25) is 0 Å². The van der Waals surface area contributed by atoms with E-state index in [1.165, 1.54) is 0 Å². The molecule has 0 aliphatic heterocycles. The van der Waals surface area contributed by atoms with Crippen LogP contribution < -0.4 is 15.2 Å². The fourth-order valence-electron chi connectivity index (χ4n) is 3.33. The first kappa shape index (κ1) is 43.8. The maximum absolute atomic E-state index is 13.1. The Hall–Kier alpha value is -4.32. The van der Waals surface area contributed by atoms with Crippen LogP contribution in [0, 0.1) is 0 Å². The first-order chi connectivity index (χ1) is 23.6. The lowest BCUT2D eigenvalue weighted by Gasteiger charge is -2.20. The van der Waals surface area contributed by atoms with E-state index in [1.807, 2.05) is 0 Å². The summed E-state index contributed by atoms with van der Waals surface area (Å²) >= 11 is 0. The van der Waals surface area contributed by atoms with Crippen LogP contribution in [0.15, 0.2) is 36.4 Å². The Morgan fingerprint density at radius 2 is 1.00 bits per heavy atom. The Balaban J connectivity index is 2.18. The molecule has 2 aromatic rings. The van der Waals surface area contributed by atoms with Gasteiger partial charge in [-0.05, 0) is 36.4 Å². The second-order valence-corrected chi connectivity index (χ2v) is 11.3. The molecule has 0 spiro atoms. The number of phosphoric ester groups is 1. The van der Waals surface area contributed by atoms with Gasteiger partial charge in [-0.2, -0.15) is 52.7 Å². The van der Waals surface area contributed by atoms with Crippen LogP contribution in [0.3, 0.4) is 0 Å². The lowest BCUT2D eigenvalue weighted by atomic mass is 10.1. The quantitative estimate of drug-likeness (QED) is 0.114. The Labute approximate surface area is 281 Å². The van der Waals surface area contributed by atoms with Gasteiger partial charge in [0, 0.05) is 0 Å². The number of benzene rings is 2. The van der Waals surface area contributed by atoms with Crippen molar-refractivity contribution >= 4 is 25.7 Å². The monoisotopic (exact) mass is 799 g/mol. The van der Waals surface area contributed by atoms with Crippen molar-refractivity contribution in [1.29, 1.82) is 0 Å². The van der Waals surface area contributed by atoms with Crippen molar-refractivity contribution in [3.8, 4) is 11.5 Å². The van der Waals surface area contributed by atoms with E-state index in [0.717, 1.165) is 0 Å². The zero-order chi connectivity index (χ0) is 39.9. The van der Waals surface area contributed by atoms with Gasteiger partial charge in [0.05, 0.1) is 35.5 Å². The lowest BCUT2D eigenvalue weighted by Crippen LogP contribution is -2.35. The molecule has 13 nitrogen and oxygen atoms in total. The van der Waals surface area contributed by atoms with Crippen molar-refractivity contribution < 1.29 is 110 Å². The van der Waals surface area contributed by atoms with Gasteiger partial charge in [-0.1, -0.05) is 0 Å². The van der Waals surface area contributed by atoms with Crippen LogP contribution in [0.4, 0.5) is 52.7 Å². The summed E-state index contributed by atoms with van der Waals surface area (Å²) in [5, 5.41) is 8.72. The number of halogens is 12. The Kier molecular flexibility index (Phi) is 14.3. The average Bonchev–Trinajstić information content (AvgIpc) is 3.01. The van der Waals surface area contributed by atoms with E-state index in [9.17, 15) is 76.5 Å². The summed E-state index contributed by atoms with van der Waals surface area (Å²) in [5.41, 5.74) is -2.17. The van der Waals surface area contributed by atoms with Gasteiger partial charge in [0.25, 0.3) is 0 Å². The number of rotatable bonds is 16. The molecule has 26 heteroatoms. The summed E-state index contributed by atoms with van der Waals surface area (Å²) in [6, 6.07) is -1.95. The fourth-order valence-corrected chi connectivity index (χ4v) is 4.11. The molecule has 0 aliphatic carbocycles. The Morgan fingerprint density at radius 1 is 0.635 bits per heavy atom. The minimum Gasteiger partial charge on any atom is -0.482 e. The van der Waals surface area contributed by atoms with Crippen molar-refractivity contribution in [1.82, 2.24) is 0 Å². The van der Waals surface area contributed by atoms with Crippen molar-refractivity contribution in [3.05, 3.63) is 58.7 Å². The summed E-state index contributed by atoms with van der Waals surface area (Å²) in [4.78, 5) is 45.0. The molecule has 292 valence electrons. The fraction of sp³-hybridized carbons (Fsp3) is 0.423. The number of esters is 2. The highest BCUT2D eigenvalue weighted by Crippen LogP contribution is 2.43. The molecule has 0 fully saturated rings. The third kappa shape index (κ3) is 14.7. The number of hydrogen-bond acceptors (Lipinski definition) is 11. The van der Waals surface area contributed by atoms with Gasteiger partial charge < -0.3 is 34.7 Å². The predicted octanol–water partition coefficient (Wildman–Crippen LogP) is 5.22. The smallest absolute Gasteiger partial charge is 0.472 e.